The average molecular weight is 431 g/mol. The molecule has 0 atom stereocenters. The van der Waals surface area contributed by atoms with Gasteiger partial charge in [0.2, 0.25) is 5.78 Å². The third-order valence-corrected chi connectivity index (χ3v) is 6.93. The molecule has 2 heterocycles. The van der Waals surface area contributed by atoms with Crippen molar-refractivity contribution in [2.75, 3.05) is 33.4 Å². The highest BCUT2D eigenvalue weighted by Crippen LogP contribution is 2.43. The Labute approximate surface area is 187 Å². The number of ether oxygens (including phenoxy) is 2. The van der Waals surface area contributed by atoms with Crippen molar-refractivity contribution in [3.8, 4) is 5.75 Å². The molecule has 2 aliphatic rings. The number of thiophene rings is 1. The summed E-state index contributed by atoms with van der Waals surface area (Å²) in [6, 6.07) is 14.1. The van der Waals surface area contributed by atoms with E-state index in [1.54, 1.807) is 7.11 Å². The van der Waals surface area contributed by atoms with Crippen molar-refractivity contribution in [1.29, 1.82) is 0 Å². The SMILES string of the molecule is COc1ccc2c([C]3[CH][CH][CH][CH]3)c(C(=O)c3ccc(CN4CCOCC4)cc3)sc2c1. The van der Waals surface area contributed by atoms with E-state index in [-0.39, 0.29) is 5.78 Å². The topological polar surface area (TPSA) is 38.8 Å². The molecule has 0 spiro atoms. The Bertz CT molecular complexity index is 1060. The van der Waals surface area contributed by atoms with Crippen LogP contribution >= 0.6 is 11.3 Å². The van der Waals surface area contributed by atoms with Crippen molar-refractivity contribution in [3.05, 3.63) is 95.6 Å². The number of benzene rings is 2. The van der Waals surface area contributed by atoms with E-state index >= 15 is 0 Å². The largest absolute Gasteiger partial charge is 0.497 e. The van der Waals surface area contributed by atoms with Gasteiger partial charge >= 0.3 is 0 Å². The van der Waals surface area contributed by atoms with Gasteiger partial charge < -0.3 is 9.47 Å². The predicted molar refractivity (Wildman–Crippen MR) is 124 cm³/mol. The van der Waals surface area contributed by atoms with Gasteiger partial charge in [0.15, 0.2) is 0 Å². The number of fused-ring (bicyclic) bond motifs is 1. The number of carbonyl (C=O) groups excluding carboxylic acids is 1. The molecule has 1 aliphatic carbocycles. The fourth-order valence-corrected chi connectivity index (χ4v) is 5.32. The summed E-state index contributed by atoms with van der Waals surface area (Å²) in [5, 5.41) is 1.09. The number of methoxy groups -OCH3 is 1. The molecule has 1 aliphatic heterocycles. The van der Waals surface area contributed by atoms with E-state index in [1.165, 1.54) is 16.9 Å². The molecule has 1 saturated heterocycles. The van der Waals surface area contributed by atoms with E-state index in [1.807, 2.05) is 37.1 Å². The van der Waals surface area contributed by atoms with Gasteiger partial charge in [0.05, 0.1) is 25.2 Å². The third-order valence-electron chi connectivity index (χ3n) is 5.78. The molecule has 0 N–H and O–H groups in total. The van der Waals surface area contributed by atoms with Gasteiger partial charge in [-0.05, 0) is 60.4 Å². The fourth-order valence-electron chi connectivity index (χ4n) is 4.10. The number of ketones is 1. The van der Waals surface area contributed by atoms with Crippen molar-refractivity contribution in [2.45, 2.75) is 6.54 Å². The second kappa shape index (κ2) is 9.11. The molecule has 2 aromatic carbocycles. The molecular formula is C26H24NO3S. The van der Waals surface area contributed by atoms with Gasteiger partial charge in [-0.1, -0.05) is 24.3 Å². The van der Waals surface area contributed by atoms with Crippen molar-refractivity contribution >= 4 is 27.2 Å². The van der Waals surface area contributed by atoms with Crippen LogP contribution in [0, 0.1) is 31.6 Å². The molecule has 0 bridgehead atoms. The molecule has 4 nitrogen and oxygen atoms in total. The van der Waals surface area contributed by atoms with Crippen LogP contribution in [0.4, 0.5) is 0 Å². The maximum atomic E-state index is 13.5. The molecule has 1 aromatic heterocycles. The van der Waals surface area contributed by atoms with Gasteiger partial charge in [-0.2, -0.15) is 0 Å². The molecular weight excluding hydrogens is 406 g/mol. The Hall–Kier alpha value is -2.21. The third kappa shape index (κ3) is 4.27. The number of nitrogens with zero attached hydrogens (tertiary/aromatic N) is 1. The lowest BCUT2D eigenvalue weighted by molar-refractivity contribution is 0.0342. The van der Waals surface area contributed by atoms with Crippen LogP contribution < -0.4 is 4.74 Å². The summed E-state index contributed by atoms with van der Waals surface area (Å²) in [5.74, 6) is 1.94. The Balaban J connectivity index is 1.45. The Morgan fingerprint density at radius 2 is 1.81 bits per heavy atom. The molecule has 31 heavy (non-hydrogen) atoms. The summed E-state index contributed by atoms with van der Waals surface area (Å²) >= 11 is 1.54. The van der Waals surface area contributed by atoms with Gasteiger partial charge in [0, 0.05) is 35.8 Å². The van der Waals surface area contributed by atoms with Crippen LogP contribution in [0.3, 0.4) is 0 Å². The van der Waals surface area contributed by atoms with E-state index in [0.29, 0.717) is 0 Å². The number of morpholine rings is 1. The standard InChI is InChI=1S/C26H24NO3S/c1-29-21-10-11-22-23(16-21)31-26(24(22)19-4-2-3-5-19)25(28)20-8-6-18(7-9-20)17-27-12-14-30-15-13-27/h2-11,16H,12-15,17H2,1H3. The first-order valence-corrected chi connectivity index (χ1v) is 11.3. The lowest BCUT2D eigenvalue weighted by Gasteiger charge is -2.26. The monoisotopic (exact) mass is 430 g/mol. The quantitative estimate of drug-likeness (QED) is 0.530. The average Bonchev–Trinajstić information content (AvgIpc) is 3.47. The predicted octanol–water partition coefficient (Wildman–Crippen LogP) is 4.73. The first-order valence-electron chi connectivity index (χ1n) is 10.5. The van der Waals surface area contributed by atoms with Gasteiger partial charge in [-0.15, -0.1) is 11.3 Å². The van der Waals surface area contributed by atoms with E-state index in [9.17, 15) is 4.79 Å². The lowest BCUT2D eigenvalue weighted by atomic mass is 9.92. The van der Waals surface area contributed by atoms with Crippen molar-refractivity contribution < 1.29 is 14.3 Å². The maximum absolute atomic E-state index is 13.5. The summed E-state index contributed by atoms with van der Waals surface area (Å²) in [6.07, 6.45) is 8.15. The number of hydrogen-bond donors (Lipinski definition) is 0. The summed E-state index contributed by atoms with van der Waals surface area (Å²) in [5.41, 5.74) is 2.95. The highest BCUT2D eigenvalue weighted by Gasteiger charge is 2.29. The minimum atomic E-state index is 0.0642. The van der Waals surface area contributed by atoms with E-state index in [4.69, 9.17) is 9.47 Å². The Morgan fingerprint density at radius 1 is 1.06 bits per heavy atom. The summed E-state index contributed by atoms with van der Waals surface area (Å²) < 4.78 is 11.9. The van der Waals surface area contributed by atoms with Crippen LogP contribution in [0.5, 0.6) is 5.75 Å². The van der Waals surface area contributed by atoms with Gasteiger partial charge in [-0.25, -0.2) is 0 Å². The smallest absolute Gasteiger partial charge is 0.203 e. The summed E-state index contributed by atoms with van der Waals surface area (Å²) in [6.45, 7) is 4.37. The summed E-state index contributed by atoms with van der Waals surface area (Å²) in [4.78, 5) is 16.7. The van der Waals surface area contributed by atoms with Crippen LogP contribution in [0.1, 0.15) is 26.4 Å². The van der Waals surface area contributed by atoms with Crippen molar-refractivity contribution in [2.24, 2.45) is 0 Å². The van der Waals surface area contributed by atoms with Crippen LogP contribution in [0.2, 0.25) is 0 Å². The summed E-state index contributed by atoms with van der Waals surface area (Å²) in [7, 11) is 1.66. The van der Waals surface area contributed by atoms with Gasteiger partial charge in [0.25, 0.3) is 0 Å². The Morgan fingerprint density at radius 3 is 2.52 bits per heavy atom. The normalized spacial score (nSPS) is 18.0. The minimum Gasteiger partial charge on any atom is -0.497 e. The van der Waals surface area contributed by atoms with E-state index in [2.05, 4.69) is 35.9 Å². The molecule has 2 fully saturated rings. The molecule has 5 heteroatoms. The van der Waals surface area contributed by atoms with E-state index < -0.39 is 0 Å². The molecule has 0 unspecified atom stereocenters. The van der Waals surface area contributed by atoms with Crippen LogP contribution in [0.25, 0.3) is 10.1 Å². The molecule has 5 radical (unpaired) electrons. The highest BCUT2D eigenvalue weighted by atomic mass is 32.1. The first-order chi connectivity index (χ1) is 15.2. The highest BCUT2D eigenvalue weighted by molar-refractivity contribution is 7.21. The van der Waals surface area contributed by atoms with E-state index in [0.717, 1.165) is 70.6 Å². The fraction of sp³-hybridized carbons (Fsp3) is 0.231. The number of rotatable bonds is 6. The number of carbonyl (C=O) groups is 1. The second-order valence-corrected chi connectivity index (χ2v) is 8.81. The zero-order valence-electron chi connectivity index (χ0n) is 17.5. The first kappa shape index (κ1) is 20.7. The van der Waals surface area contributed by atoms with Crippen LogP contribution in [-0.4, -0.2) is 44.1 Å². The van der Waals surface area contributed by atoms with Crippen LogP contribution in [-0.2, 0) is 11.3 Å². The molecule has 0 amide bonds. The van der Waals surface area contributed by atoms with Gasteiger partial charge in [0.1, 0.15) is 5.75 Å². The zero-order valence-corrected chi connectivity index (χ0v) is 18.3. The maximum Gasteiger partial charge on any atom is 0.203 e. The number of hydrogen-bond acceptors (Lipinski definition) is 5. The molecule has 157 valence electrons. The molecule has 3 aromatic rings. The zero-order chi connectivity index (χ0) is 21.2. The van der Waals surface area contributed by atoms with Crippen LogP contribution in [0.15, 0.2) is 42.5 Å². The second-order valence-electron chi connectivity index (χ2n) is 7.76. The Kier molecular flexibility index (Phi) is 6.08. The van der Waals surface area contributed by atoms with Crippen molar-refractivity contribution in [3.63, 3.8) is 0 Å². The molecule has 1 saturated carbocycles. The van der Waals surface area contributed by atoms with Gasteiger partial charge in [-0.3, -0.25) is 9.69 Å². The van der Waals surface area contributed by atoms with Crippen molar-refractivity contribution in [1.82, 2.24) is 4.90 Å². The molecule has 5 rings (SSSR count). The minimum absolute atomic E-state index is 0.0642. The lowest BCUT2D eigenvalue weighted by Crippen LogP contribution is -2.35.